The van der Waals surface area contributed by atoms with Crippen LogP contribution in [-0.2, 0) is 13.4 Å². The van der Waals surface area contributed by atoms with Crippen LogP contribution in [0.4, 0.5) is 0 Å². The molecular formula is C23H23N5O2. The Balaban J connectivity index is 1.35. The van der Waals surface area contributed by atoms with Gasteiger partial charge in [0.25, 0.3) is 0 Å². The molecule has 30 heavy (non-hydrogen) atoms. The maximum Gasteiger partial charge on any atom is 0.197 e. The second-order valence-electron chi connectivity index (χ2n) is 7.61. The standard InChI is InChI=1S/C23H23N5O2/c1-28-13-19(12-26-28)16-2-3-17-11-25-20(9-18(17)8-16)10-22(29)21-14-30-23(27-21)15-4-6-24-7-5-15/h2-3,8-9,11-15,24H,4-7,10H2,1H3/i1D3. The zero-order valence-corrected chi connectivity index (χ0v) is 16.3. The van der Waals surface area contributed by atoms with E-state index < -0.39 is 6.98 Å². The Bertz CT molecular complexity index is 1300. The first kappa shape index (κ1) is 15.5. The minimum Gasteiger partial charge on any atom is -0.448 e. The van der Waals surface area contributed by atoms with Crippen molar-refractivity contribution in [1.82, 2.24) is 25.1 Å². The Morgan fingerprint density at radius 3 is 2.97 bits per heavy atom. The van der Waals surface area contributed by atoms with Gasteiger partial charge in [0.05, 0.1) is 12.6 Å². The van der Waals surface area contributed by atoms with Gasteiger partial charge in [-0.15, -0.1) is 0 Å². The summed E-state index contributed by atoms with van der Waals surface area (Å²) < 4.78 is 29.0. The number of piperidine rings is 1. The molecule has 0 saturated carbocycles. The Labute approximate surface area is 178 Å². The lowest BCUT2D eigenvalue weighted by molar-refractivity contribution is 0.0987. The average Bonchev–Trinajstić information content (AvgIpc) is 3.49. The first-order chi connectivity index (χ1) is 15.9. The molecule has 7 heteroatoms. The van der Waals surface area contributed by atoms with Crippen molar-refractivity contribution in [2.45, 2.75) is 25.2 Å². The molecule has 1 saturated heterocycles. The highest BCUT2D eigenvalue weighted by Gasteiger charge is 2.22. The van der Waals surface area contributed by atoms with E-state index in [1.165, 1.54) is 18.7 Å². The summed E-state index contributed by atoms with van der Waals surface area (Å²) in [6.45, 7) is -0.464. The van der Waals surface area contributed by atoms with E-state index in [1.54, 1.807) is 6.20 Å². The maximum absolute atomic E-state index is 12.8. The molecule has 152 valence electrons. The average molecular weight is 404 g/mol. The number of rotatable bonds is 5. The summed E-state index contributed by atoms with van der Waals surface area (Å²) in [7, 11) is 0. The number of fused-ring (bicyclic) bond motifs is 1. The van der Waals surface area contributed by atoms with Crippen molar-refractivity contribution < 1.29 is 13.3 Å². The molecule has 3 aromatic heterocycles. The number of hydrogen-bond acceptors (Lipinski definition) is 6. The van der Waals surface area contributed by atoms with Crippen LogP contribution in [-0.4, -0.2) is 38.6 Å². The Morgan fingerprint density at radius 2 is 2.13 bits per heavy atom. The predicted octanol–water partition coefficient (Wildman–Crippen LogP) is 3.52. The van der Waals surface area contributed by atoms with Gasteiger partial charge in [-0.1, -0.05) is 12.1 Å². The highest BCUT2D eigenvalue weighted by Crippen LogP contribution is 2.26. The largest absolute Gasteiger partial charge is 0.448 e. The van der Waals surface area contributed by atoms with Crippen molar-refractivity contribution in [2.75, 3.05) is 13.1 Å². The zero-order chi connectivity index (χ0) is 23.0. The molecule has 4 heterocycles. The predicted molar refractivity (Wildman–Crippen MR) is 113 cm³/mol. The maximum atomic E-state index is 12.8. The number of aromatic nitrogens is 4. The number of ketones is 1. The van der Waals surface area contributed by atoms with Crippen LogP contribution in [0.2, 0.25) is 0 Å². The van der Waals surface area contributed by atoms with E-state index in [2.05, 4.69) is 20.4 Å². The summed E-state index contributed by atoms with van der Waals surface area (Å²) in [5.74, 6) is 0.745. The minimum absolute atomic E-state index is 0.120. The molecule has 1 aromatic carbocycles. The van der Waals surface area contributed by atoms with E-state index in [9.17, 15) is 4.79 Å². The second-order valence-corrected chi connectivity index (χ2v) is 7.61. The highest BCUT2D eigenvalue weighted by atomic mass is 16.3. The number of pyridine rings is 1. The molecule has 0 unspecified atom stereocenters. The fraction of sp³-hybridized carbons (Fsp3) is 0.304. The number of carbonyl (C=O) groups is 1. The Hall–Kier alpha value is -3.32. The Morgan fingerprint density at radius 1 is 1.23 bits per heavy atom. The first-order valence-electron chi connectivity index (χ1n) is 11.5. The van der Waals surface area contributed by atoms with E-state index in [4.69, 9.17) is 8.53 Å². The molecule has 0 radical (unpaired) electrons. The fourth-order valence-corrected chi connectivity index (χ4v) is 3.86. The van der Waals surface area contributed by atoms with Crippen LogP contribution in [0.15, 0.2) is 53.5 Å². The lowest BCUT2D eigenvalue weighted by atomic mass is 9.98. The summed E-state index contributed by atoms with van der Waals surface area (Å²) in [4.78, 5) is 21.7. The van der Waals surface area contributed by atoms with Gasteiger partial charge in [-0.2, -0.15) is 5.10 Å². The van der Waals surface area contributed by atoms with Crippen LogP contribution in [0.3, 0.4) is 0 Å². The van der Waals surface area contributed by atoms with Crippen molar-refractivity contribution >= 4 is 16.6 Å². The van der Waals surface area contributed by atoms with Gasteiger partial charge >= 0.3 is 0 Å². The first-order valence-corrected chi connectivity index (χ1v) is 10.0. The SMILES string of the molecule is [2H]C([2H])([2H])n1cc(-c2ccc3cnc(CC(=O)c4coc(C5CCNCC5)n4)cc3c2)cn1. The smallest absolute Gasteiger partial charge is 0.197 e. The summed E-state index contributed by atoms with van der Waals surface area (Å²) in [5.41, 5.74) is 2.51. The van der Waals surface area contributed by atoms with E-state index >= 15 is 0 Å². The highest BCUT2D eigenvalue weighted by molar-refractivity contribution is 5.96. The quantitative estimate of drug-likeness (QED) is 0.512. The molecule has 7 nitrogen and oxygen atoms in total. The fourth-order valence-electron chi connectivity index (χ4n) is 3.86. The number of nitrogens with zero attached hydrogens (tertiary/aromatic N) is 4. The van der Waals surface area contributed by atoms with Crippen LogP contribution in [0.1, 0.15) is 44.9 Å². The molecule has 1 fully saturated rings. The van der Waals surface area contributed by atoms with Crippen LogP contribution in [0.5, 0.6) is 0 Å². The van der Waals surface area contributed by atoms with Gasteiger partial charge in [0, 0.05) is 46.0 Å². The molecule has 0 atom stereocenters. The zero-order valence-electron chi connectivity index (χ0n) is 19.3. The number of Topliss-reactive ketones (excluding diaryl/α,β-unsaturated/α-hetero) is 1. The number of nitrogens with one attached hydrogen (secondary N) is 1. The van der Waals surface area contributed by atoms with Crippen molar-refractivity contribution in [3.63, 3.8) is 0 Å². The number of carbonyl (C=O) groups excluding carboxylic acids is 1. The lowest BCUT2D eigenvalue weighted by Gasteiger charge is -2.19. The summed E-state index contributed by atoms with van der Waals surface area (Å²) in [6.07, 6.45) is 8.24. The van der Waals surface area contributed by atoms with Gasteiger partial charge in [-0.05, 0) is 49.0 Å². The normalized spacial score (nSPS) is 16.9. The van der Waals surface area contributed by atoms with Crippen molar-refractivity contribution in [1.29, 1.82) is 0 Å². The minimum atomic E-state index is -2.32. The Kier molecular flexibility index (Phi) is 4.05. The number of oxazole rings is 1. The van der Waals surface area contributed by atoms with Crippen LogP contribution in [0.25, 0.3) is 21.9 Å². The summed E-state index contributed by atoms with van der Waals surface area (Å²) in [5, 5.41) is 9.09. The third-order valence-electron chi connectivity index (χ3n) is 5.53. The monoisotopic (exact) mass is 404 g/mol. The number of benzene rings is 1. The van der Waals surface area contributed by atoms with Gasteiger partial charge in [0.15, 0.2) is 11.7 Å². The van der Waals surface area contributed by atoms with E-state index in [0.29, 0.717) is 22.8 Å². The number of hydrogen-bond donors (Lipinski definition) is 1. The molecule has 1 aliphatic rings. The van der Waals surface area contributed by atoms with E-state index in [0.717, 1.165) is 46.9 Å². The van der Waals surface area contributed by atoms with Crippen molar-refractivity contribution in [3.8, 4) is 11.1 Å². The molecule has 0 bridgehead atoms. The molecule has 1 N–H and O–H groups in total. The summed E-state index contributed by atoms with van der Waals surface area (Å²) in [6, 6.07) is 7.63. The third-order valence-corrected chi connectivity index (χ3v) is 5.53. The molecule has 1 aliphatic heterocycles. The van der Waals surface area contributed by atoms with E-state index in [1.807, 2.05) is 24.3 Å². The van der Waals surface area contributed by atoms with Gasteiger partial charge in [0.1, 0.15) is 12.0 Å². The molecule has 0 spiro atoms. The van der Waals surface area contributed by atoms with E-state index in [-0.39, 0.29) is 18.1 Å². The molecule has 4 aromatic rings. The van der Waals surface area contributed by atoms with Crippen LogP contribution < -0.4 is 5.32 Å². The summed E-state index contributed by atoms with van der Waals surface area (Å²) >= 11 is 0. The molecule has 5 rings (SSSR count). The van der Waals surface area contributed by atoms with Gasteiger partial charge < -0.3 is 9.73 Å². The van der Waals surface area contributed by atoms with Crippen LogP contribution >= 0.6 is 0 Å². The molecule has 0 amide bonds. The van der Waals surface area contributed by atoms with Crippen LogP contribution in [0, 0.1) is 0 Å². The number of aryl methyl sites for hydroxylation is 1. The van der Waals surface area contributed by atoms with Gasteiger partial charge in [-0.25, -0.2) is 4.98 Å². The van der Waals surface area contributed by atoms with Crippen molar-refractivity contribution in [3.05, 3.63) is 66.4 Å². The van der Waals surface area contributed by atoms with Crippen molar-refractivity contribution in [2.24, 2.45) is 6.98 Å². The van der Waals surface area contributed by atoms with Gasteiger partial charge in [0.2, 0.25) is 0 Å². The third kappa shape index (κ3) is 3.76. The second kappa shape index (κ2) is 7.84. The lowest BCUT2D eigenvalue weighted by Crippen LogP contribution is -2.26. The topological polar surface area (TPSA) is 85.8 Å². The molecular weight excluding hydrogens is 378 g/mol. The molecule has 0 aliphatic carbocycles. The van der Waals surface area contributed by atoms with Gasteiger partial charge in [-0.3, -0.25) is 14.5 Å².